The van der Waals surface area contributed by atoms with Crippen molar-refractivity contribution in [3.8, 4) is 5.75 Å². The van der Waals surface area contributed by atoms with Crippen molar-refractivity contribution >= 4 is 17.3 Å². The van der Waals surface area contributed by atoms with Crippen LogP contribution in [0.5, 0.6) is 5.75 Å². The fraction of sp³-hybridized carbons (Fsp3) is 0.111. The van der Waals surface area contributed by atoms with Gasteiger partial charge in [-0.2, -0.15) is 0 Å². The Morgan fingerprint density at radius 2 is 2.00 bits per heavy atom. The molecule has 0 saturated carbocycles. The summed E-state index contributed by atoms with van der Waals surface area (Å²) in [5.41, 5.74) is 0.899. The Bertz CT molecular complexity index is 268. The monoisotopic (exact) mass is 183 g/mol. The molecule has 0 aromatic heterocycles. The first kappa shape index (κ1) is 8.94. The molecule has 0 aliphatic carbocycles. The van der Waals surface area contributed by atoms with Gasteiger partial charge in [-0.15, -0.1) is 0 Å². The fourth-order valence-electron chi connectivity index (χ4n) is 0.831. The van der Waals surface area contributed by atoms with Crippen LogP contribution in [0.25, 0.3) is 0 Å². The van der Waals surface area contributed by atoms with E-state index in [0.717, 1.165) is 11.4 Å². The number of rotatable bonds is 3. The van der Waals surface area contributed by atoms with Gasteiger partial charge in [-0.25, -0.2) is 0 Å². The van der Waals surface area contributed by atoms with Gasteiger partial charge in [0.2, 0.25) is 0 Å². The zero-order chi connectivity index (χ0) is 8.97. The quantitative estimate of drug-likeness (QED) is 0.728. The molecule has 0 unspecified atom stereocenters. The molecule has 0 amide bonds. The molecule has 0 aliphatic rings. The van der Waals surface area contributed by atoms with Crippen molar-refractivity contribution in [3.05, 3.63) is 36.0 Å². The zero-order valence-corrected chi connectivity index (χ0v) is 7.56. The topological polar surface area (TPSA) is 21.3 Å². The van der Waals surface area contributed by atoms with Gasteiger partial charge in [0.1, 0.15) is 5.75 Å². The van der Waals surface area contributed by atoms with Gasteiger partial charge in [0.05, 0.1) is 12.3 Å². The van der Waals surface area contributed by atoms with Crippen LogP contribution in [0.15, 0.2) is 36.0 Å². The SMILES string of the molecule is C=C(Cl)Nc1ccc(OC)cc1. The normalized spacial score (nSPS) is 9.17. The maximum absolute atomic E-state index is 5.55. The van der Waals surface area contributed by atoms with E-state index in [1.165, 1.54) is 0 Å². The van der Waals surface area contributed by atoms with Gasteiger partial charge in [-0.05, 0) is 24.3 Å². The molecular formula is C9H10ClNO. The van der Waals surface area contributed by atoms with Crippen LogP contribution in [-0.2, 0) is 0 Å². The number of nitrogens with one attached hydrogen (secondary N) is 1. The Balaban J connectivity index is 2.71. The van der Waals surface area contributed by atoms with Crippen LogP contribution in [0.2, 0.25) is 0 Å². The molecule has 1 aromatic rings. The molecule has 3 heteroatoms. The summed E-state index contributed by atoms with van der Waals surface area (Å²) in [7, 11) is 1.63. The largest absolute Gasteiger partial charge is 0.497 e. The van der Waals surface area contributed by atoms with E-state index in [0.29, 0.717) is 5.16 Å². The lowest BCUT2D eigenvalue weighted by molar-refractivity contribution is 0.415. The predicted molar refractivity (Wildman–Crippen MR) is 51.6 cm³/mol. The first-order valence-electron chi connectivity index (χ1n) is 3.48. The van der Waals surface area contributed by atoms with E-state index >= 15 is 0 Å². The van der Waals surface area contributed by atoms with E-state index < -0.39 is 0 Å². The summed E-state index contributed by atoms with van der Waals surface area (Å²) in [4.78, 5) is 0. The third-order valence-corrected chi connectivity index (χ3v) is 1.46. The van der Waals surface area contributed by atoms with Crippen molar-refractivity contribution in [2.75, 3.05) is 12.4 Å². The molecule has 0 atom stereocenters. The van der Waals surface area contributed by atoms with Crippen molar-refractivity contribution in [1.29, 1.82) is 0 Å². The molecule has 0 heterocycles. The van der Waals surface area contributed by atoms with E-state index in [9.17, 15) is 0 Å². The standard InChI is InChI=1S/C9H10ClNO/c1-7(10)11-8-3-5-9(12-2)6-4-8/h3-6,11H,1H2,2H3. The number of benzene rings is 1. The van der Waals surface area contributed by atoms with Crippen LogP contribution < -0.4 is 10.1 Å². The summed E-state index contributed by atoms with van der Waals surface area (Å²) in [6.07, 6.45) is 0. The number of hydrogen-bond donors (Lipinski definition) is 1. The molecule has 1 N–H and O–H groups in total. The summed E-state index contributed by atoms with van der Waals surface area (Å²) in [6, 6.07) is 7.43. The average Bonchev–Trinajstić information content (AvgIpc) is 2.05. The van der Waals surface area contributed by atoms with Gasteiger partial charge < -0.3 is 10.1 Å². The lowest BCUT2D eigenvalue weighted by atomic mass is 10.3. The zero-order valence-electron chi connectivity index (χ0n) is 6.80. The van der Waals surface area contributed by atoms with Crippen LogP contribution in [0.1, 0.15) is 0 Å². The second-order valence-corrected chi connectivity index (χ2v) is 2.71. The Labute approximate surface area is 76.8 Å². The summed E-state index contributed by atoms with van der Waals surface area (Å²) < 4.78 is 4.99. The number of ether oxygens (including phenoxy) is 1. The lowest BCUT2D eigenvalue weighted by Crippen LogP contribution is -1.91. The molecule has 2 nitrogen and oxygen atoms in total. The van der Waals surface area contributed by atoms with Crippen molar-refractivity contribution in [2.45, 2.75) is 0 Å². The van der Waals surface area contributed by atoms with Crippen LogP contribution in [-0.4, -0.2) is 7.11 Å². The van der Waals surface area contributed by atoms with Crippen LogP contribution >= 0.6 is 11.6 Å². The van der Waals surface area contributed by atoms with E-state index in [1.54, 1.807) is 7.11 Å². The first-order valence-corrected chi connectivity index (χ1v) is 3.85. The Morgan fingerprint density at radius 1 is 1.42 bits per heavy atom. The summed E-state index contributed by atoms with van der Waals surface area (Å²) in [5.74, 6) is 0.820. The van der Waals surface area contributed by atoms with Crippen LogP contribution in [0.4, 0.5) is 5.69 Å². The second-order valence-electron chi connectivity index (χ2n) is 2.26. The Morgan fingerprint density at radius 3 is 2.42 bits per heavy atom. The Kier molecular flexibility index (Phi) is 3.00. The highest BCUT2D eigenvalue weighted by molar-refractivity contribution is 6.30. The maximum atomic E-state index is 5.55. The number of hydrogen-bond acceptors (Lipinski definition) is 2. The molecule has 0 aliphatic heterocycles. The van der Waals surface area contributed by atoms with Crippen molar-refractivity contribution < 1.29 is 4.74 Å². The molecule has 0 bridgehead atoms. The highest BCUT2D eigenvalue weighted by Gasteiger charge is 1.92. The molecule has 0 radical (unpaired) electrons. The molecule has 1 aromatic carbocycles. The maximum Gasteiger partial charge on any atom is 0.119 e. The third-order valence-electron chi connectivity index (χ3n) is 1.37. The average molecular weight is 184 g/mol. The van der Waals surface area contributed by atoms with E-state index in [1.807, 2.05) is 24.3 Å². The van der Waals surface area contributed by atoms with Gasteiger partial charge in [0, 0.05) is 5.69 Å². The fourth-order valence-corrected chi connectivity index (χ4v) is 0.940. The number of anilines is 1. The molecule has 0 fully saturated rings. The smallest absolute Gasteiger partial charge is 0.119 e. The summed E-state index contributed by atoms with van der Waals surface area (Å²) >= 11 is 5.55. The highest BCUT2D eigenvalue weighted by atomic mass is 35.5. The first-order chi connectivity index (χ1) is 5.72. The van der Waals surface area contributed by atoms with Crippen molar-refractivity contribution in [3.63, 3.8) is 0 Å². The van der Waals surface area contributed by atoms with E-state index in [4.69, 9.17) is 16.3 Å². The molecule has 12 heavy (non-hydrogen) atoms. The van der Waals surface area contributed by atoms with Crippen LogP contribution in [0, 0.1) is 0 Å². The second kappa shape index (κ2) is 4.02. The highest BCUT2D eigenvalue weighted by Crippen LogP contribution is 2.16. The molecular weight excluding hydrogens is 174 g/mol. The van der Waals surface area contributed by atoms with Gasteiger partial charge in [-0.1, -0.05) is 18.2 Å². The predicted octanol–water partition coefficient (Wildman–Crippen LogP) is 2.82. The van der Waals surface area contributed by atoms with Crippen LogP contribution in [0.3, 0.4) is 0 Å². The Hall–Kier alpha value is -1.15. The summed E-state index contributed by atoms with van der Waals surface area (Å²) in [6.45, 7) is 3.52. The van der Waals surface area contributed by atoms with Crippen molar-refractivity contribution in [1.82, 2.24) is 0 Å². The molecule has 64 valence electrons. The van der Waals surface area contributed by atoms with E-state index in [-0.39, 0.29) is 0 Å². The van der Waals surface area contributed by atoms with E-state index in [2.05, 4.69) is 11.9 Å². The van der Waals surface area contributed by atoms with Crippen molar-refractivity contribution in [2.24, 2.45) is 0 Å². The summed E-state index contributed by atoms with van der Waals surface area (Å²) in [5, 5.41) is 3.27. The number of halogens is 1. The van der Waals surface area contributed by atoms with Gasteiger partial charge in [0.25, 0.3) is 0 Å². The number of methoxy groups -OCH3 is 1. The van der Waals surface area contributed by atoms with Gasteiger partial charge in [-0.3, -0.25) is 0 Å². The minimum Gasteiger partial charge on any atom is -0.497 e. The van der Waals surface area contributed by atoms with Gasteiger partial charge in [0.15, 0.2) is 0 Å². The molecule has 1 rings (SSSR count). The third kappa shape index (κ3) is 2.47. The minimum absolute atomic E-state index is 0.403. The molecule has 0 spiro atoms. The van der Waals surface area contributed by atoms with Gasteiger partial charge >= 0.3 is 0 Å². The lowest BCUT2D eigenvalue weighted by Gasteiger charge is -2.04. The minimum atomic E-state index is 0.403. The molecule has 0 saturated heterocycles.